The summed E-state index contributed by atoms with van der Waals surface area (Å²) in [5.41, 5.74) is 2.97. The van der Waals surface area contributed by atoms with Crippen molar-refractivity contribution in [1.82, 2.24) is 4.98 Å². The van der Waals surface area contributed by atoms with Gasteiger partial charge in [-0.05, 0) is 66.9 Å². The third-order valence-electron chi connectivity index (χ3n) is 4.60. The van der Waals surface area contributed by atoms with Gasteiger partial charge in [0.25, 0.3) is 0 Å². The highest BCUT2D eigenvalue weighted by atomic mass is 19.4. The predicted molar refractivity (Wildman–Crippen MR) is 108 cm³/mol. The predicted octanol–water partition coefficient (Wildman–Crippen LogP) is 7.33. The normalized spacial score (nSPS) is 11.6. The first-order chi connectivity index (χ1) is 13.8. The van der Waals surface area contributed by atoms with Crippen LogP contribution in [0.3, 0.4) is 0 Å². The van der Waals surface area contributed by atoms with Gasteiger partial charge in [0, 0.05) is 10.9 Å². The van der Waals surface area contributed by atoms with Gasteiger partial charge >= 0.3 is 6.18 Å². The highest BCUT2D eigenvalue weighted by Gasteiger charge is 2.30. The standard InChI is InChI=1S/C24H18F3NO/c1-15-10-16(2)12-20(11-15)29-23-21(14-18-6-3-4-9-22(18)28-23)17-7-5-8-19(13-17)24(25,26)27/h3-14H,1-2H3. The number of benzene rings is 3. The first kappa shape index (κ1) is 19.0. The SMILES string of the molecule is Cc1cc(C)cc(Oc2nc3ccccc3cc2-c2cccc(C(F)(F)F)c2)c1. The molecule has 0 atom stereocenters. The van der Waals surface area contributed by atoms with Crippen molar-refractivity contribution in [3.8, 4) is 22.8 Å². The number of fused-ring (bicyclic) bond motifs is 1. The number of halogens is 3. The Bertz CT molecular complexity index is 1180. The molecule has 0 aliphatic carbocycles. The van der Waals surface area contributed by atoms with E-state index >= 15 is 0 Å². The van der Waals surface area contributed by atoms with Gasteiger partial charge in [0.1, 0.15) is 5.75 Å². The second-order valence-corrected chi connectivity index (χ2v) is 7.04. The Kier molecular flexibility index (Phi) is 4.74. The van der Waals surface area contributed by atoms with Gasteiger partial charge in [-0.1, -0.05) is 36.4 Å². The zero-order chi connectivity index (χ0) is 20.6. The second kappa shape index (κ2) is 7.24. The molecule has 0 bridgehead atoms. The minimum Gasteiger partial charge on any atom is -0.438 e. The third-order valence-corrected chi connectivity index (χ3v) is 4.60. The fourth-order valence-electron chi connectivity index (χ4n) is 3.35. The van der Waals surface area contributed by atoms with E-state index in [0.29, 0.717) is 22.4 Å². The Morgan fingerprint density at radius 2 is 1.52 bits per heavy atom. The molecule has 0 aliphatic heterocycles. The van der Waals surface area contributed by atoms with Crippen LogP contribution in [-0.4, -0.2) is 4.98 Å². The number of aromatic nitrogens is 1. The zero-order valence-electron chi connectivity index (χ0n) is 15.9. The first-order valence-corrected chi connectivity index (χ1v) is 9.13. The van der Waals surface area contributed by atoms with E-state index in [4.69, 9.17) is 4.74 Å². The number of pyridine rings is 1. The molecule has 0 unspecified atom stereocenters. The lowest BCUT2D eigenvalue weighted by Gasteiger charge is -2.14. The maximum Gasteiger partial charge on any atom is 0.416 e. The lowest BCUT2D eigenvalue weighted by molar-refractivity contribution is -0.137. The number of rotatable bonds is 3. The molecule has 0 saturated carbocycles. The Hall–Kier alpha value is -3.34. The van der Waals surface area contributed by atoms with E-state index in [9.17, 15) is 13.2 Å². The summed E-state index contributed by atoms with van der Waals surface area (Å²) in [6.45, 7) is 3.92. The number of aryl methyl sites for hydroxylation is 2. The van der Waals surface area contributed by atoms with Crippen molar-refractivity contribution in [1.29, 1.82) is 0 Å². The van der Waals surface area contributed by atoms with E-state index in [1.807, 2.05) is 62.4 Å². The van der Waals surface area contributed by atoms with E-state index in [0.717, 1.165) is 28.6 Å². The summed E-state index contributed by atoms with van der Waals surface area (Å²) in [7, 11) is 0. The molecule has 29 heavy (non-hydrogen) atoms. The second-order valence-electron chi connectivity index (χ2n) is 7.04. The number of para-hydroxylation sites is 1. The largest absolute Gasteiger partial charge is 0.438 e. The molecule has 146 valence electrons. The quantitative estimate of drug-likeness (QED) is 0.363. The summed E-state index contributed by atoms with van der Waals surface area (Å²) in [4.78, 5) is 4.59. The lowest BCUT2D eigenvalue weighted by Crippen LogP contribution is -2.04. The van der Waals surface area contributed by atoms with Crippen LogP contribution in [0.4, 0.5) is 13.2 Å². The van der Waals surface area contributed by atoms with Gasteiger partial charge in [-0.3, -0.25) is 0 Å². The summed E-state index contributed by atoms with van der Waals surface area (Å²) < 4.78 is 45.7. The Morgan fingerprint density at radius 1 is 0.793 bits per heavy atom. The van der Waals surface area contributed by atoms with Crippen molar-refractivity contribution in [2.75, 3.05) is 0 Å². The van der Waals surface area contributed by atoms with Crippen LogP contribution in [0.2, 0.25) is 0 Å². The average Bonchev–Trinajstić information content (AvgIpc) is 2.66. The van der Waals surface area contributed by atoms with E-state index in [1.165, 1.54) is 6.07 Å². The highest BCUT2D eigenvalue weighted by Crippen LogP contribution is 2.38. The minimum atomic E-state index is -4.42. The van der Waals surface area contributed by atoms with Crippen molar-refractivity contribution >= 4 is 10.9 Å². The molecule has 0 N–H and O–H groups in total. The number of alkyl halides is 3. The van der Waals surface area contributed by atoms with Gasteiger partial charge in [-0.25, -0.2) is 4.98 Å². The zero-order valence-corrected chi connectivity index (χ0v) is 15.9. The first-order valence-electron chi connectivity index (χ1n) is 9.13. The van der Waals surface area contributed by atoms with Crippen LogP contribution in [0.25, 0.3) is 22.0 Å². The van der Waals surface area contributed by atoms with Gasteiger partial charge in [0.15, 0.2) is 0 Å². The Morgan fingerprint density at radius 3 is 2.24 bits per heavy atom. The van der Waals surface area contributed by atoms with Crippen molar-refractivity contribution < 1.29 is 17.9 Å². The van der Waals surface area contributed by atoms with Crippen LogP contribution in [0.1, 0.15) is 16.7 Å². The minimum absolute atomic E-state index is 0.271. The van der Waals surface area contributed by atoms with E-state index < -0.39 is 11.7 Å². The molecule has 0 amide bonds. The summed E-state index contributed by atoms with van der Waals surface area (Å²) >= 11 is 0. The molecular weight excluding hydrogens is 375 g/mol. The molecule has 1 heterocycles. The van der Waals surface area contributed by atoms with Crippen molar-refractivity contribution in [3.63, 3.8) is 0 Å². The number of hydrogen-bond acceptors (Lipinski definition) is 2. The van der Waals surface area contributed by atoms with Crippen molar-refractivity contribution in [2.45, 2.75) is 20.0 Å². The van der Waals surface area contributed by atoms with Gasteiger partial charge in [-0.15, -0.1) is 0 Å². The van der Waals surface area contributed by atoms with Gasteiger partial charge in [-0.2, -0.15) is 13.2 Å². The number of hydrogen-bond donors (Lipinski definition) is 0. The fraction of sp³-hybridized carbons (Fsp3) is 0.125. The fourth-order valence-corrected chi connectivity index (χ4v) is 3.35. The summed E-state index contributed by atoms with van der Waals surface area (Å²) in [5.74, 6) is 0.867. The van der Waals surface area contributed by atoms with Gasteiger partial charge in [0.2, 0.25) is 5.88 Å². The molecule has 0 fully saturated rings. The topological polar surface area (TPSA) is 22.1 Å². The van der Waals surface area contributed by atoms with Crippen LogP contribution in [0, 0.1) is 13.8 Å². The molecule has 0 spiro atoms. The highest BCUT2D eigenvalue weighted by molar-refractivity contribution is 5.86. The average molecular weight is 393 g/mol. The monoisotopic (exact) mass is 393 g/mol. The lowest BCUT2D eigenvalue weighted by atomic mass is 10.0. The van der Waals surface area contributed by atoms with E-state index in [1.54, 1.807) is 6.07 Å². The number of nitrogens with zero attached hydrogens (tertiary/aromatic N) is 1. The molecule has 0 radical (unpaired) electrons. The van der Waals surface area contributed by atoms with E-state index in [-0.39, 0.29) is 5.88 Å². The number of ether oxygens (including phenoxy) is 1. The molecule has 1 aromatic heterocycles. The van der Waals surface area contributed by atoms with Crippen LogP contribution < -0.4 is 4.74 Å². The maximum atomic E-state index is 13.2. The molecule has 4 rings (SSSR count). The van der Waals surface area contributed by atoms with Crippen LogP contribution in [0.15, 0.2) is 72.8 Å². The summed E-state index contributed by atoms with van der Waals surface area (Å²) in [6, 6.07) is 20.2. The molecule has 4 aromatic rings. The van der Waals surface area contributed by atoms with E-state index in [2.05, 4.69) is 4.98 Å². The maximum absolute atomic E-state index is 13.2. The molecule has 2 nitrogen and oxygen atoms in total. The van der Waals surface area contributed by atoms with Crippen molar-refractivity contribution in [3.05, 3.63) is 89.5 Å². The van der Waals surface area contributed by atoms with Crippen LogP contribution >= 0.6 is 0 Å². The Balaban J connectivity index is 1.89. The smallest absolute Gasteiger partial charge is 0.416 e. The molecule has 3 aromatic carbocycles. The Labute approximate surface area is 166 Å². The molecule has 5 heteroatoms. The molecule has 0 aliphatic rings. The van der Waals surface area contributed by atoms with Crippen molar-refractivity contribution in [2.24, 2.45) is 0 Å². The third kappa shape index (κ3) is 4.09. The summed E-state index contributed by atoms with van der Waals surface area (Å²) in [6.07, 6.45) is -4.42. The van der Waals surface area contributed by atoms with Crippen LogP contribution in [0.5, 0.6) is 11.6 Å². The summed E-state index contributed by atoms with van der Waals surface area (Å²) in [5, 5.41) is 0.827. The van der Waals surface area contributed by atoms with Gasteiger partial charge < -0.3 is 4.74 Å². The molecular formula is C24H18F3NO. The van der Waals surface area contributed by atoms with Gasteiger partial charge in [0.05, 0.1) is 11.1 Å². The van der Waals surface area contributed by atoms with Crippen LogP contribution in [-0.2, 0) is 6.18 Å². The molecule has 0 saturated heterocycles.